The predicted molar refractivity (Wildman–Crippen MR) is 86.5 cm³/mol. The van der Waals surface area contributed by atoms with Crippen LogP contribution in [-0.2, 0) is 0 Å². The highest BCUT2D eigenvalue weighted by molar-refractivity contribution is 4.92. The first-order valence-electron chi connectivity index (χ1n) is 8.79. The quantitative estimate of drug-likeness (QED) is 0.467. The minimum Gasteiger partial charge on any atom is -0.316 e. The van der Waals surface area contributed by atoms with Crippen molar-refractivity contribution >= 4 is 0 Å². The van der Waals surface area contributed by atoms with Crippen molar-refractivity contribution in [3.05, 3.63) is 0 Å². The molecule has 0 radical (unpaired) electrons. The molecule has 0 aromatic rings. The Bertz CT molecular complexity index is 220. The molecule has 0 aromatic carbocycles. The zero-order valence-electron chi connectivity index (χ0n) is 13.9. The van der Waals surface area contributed by atoms with Crippen LogP contribution in [0.1, 0.15) is 85.5 Å². The molecule has 1 aliphatic rings. The molecule has 0 heterocycles. The lowest BCUT2D eigenvalue weighted by atomic mass is 9.79. The first kappa shape index (κ1) is 17.0. The van der Waals surface area contributed by atoms with Crippen LogP contribution < -0.4 is 5.32 Å². The van der Waals surface area contributed by atoms with Crippen LogP contribution in [0.3, 0.4) is 0 Å². The molecule has 0 spiro atoms. The highest BCUT2D eigenvalue weighted by atomic mass is 14.9. The van der Waals surface area contributed by atoms with E-state index in [4.69, 9.17) is 0 Å². The van der Waals surface area contributed by atoms with Crippen LogP contribution in [0, 0.1) is 17.3 Å². The Morgan fingerprint density at radius 3 is 2.26 bits per heavy atom. The lowest BCUT2D eigenvalue weighted by Crippen LogP contribution is -2.35. The van der Waals surface area contributed by atoms with E-state index in [1.54, 1.807) is 0 Å². The first-order valence-corrected chi connectivity index (χ1v) is 8.79. The summed E-state index contributed by atoms with van der Waals surface area (Å²) in [7, 11) is 0. The zero-order chi connectivity index (χ0) is 14.1. The predicted octanol–water partition coefficient (Wildman–Crippen LogP) is 5.40. The smallest absolute Gasteiger partial charge is 0.000793 e. The maximum atomic E-state index is 3.71. The maximum absolute atomic E-state index is 3.71. The van der Waals surface area contributed by atoms with Gasteiger partial charge in [0.15, 0.2) is 0 Å². The summed E-state index contributed by atoms with van der Waals surface area (Å²) in [4.78, 5) is 0. The van der Waals surface area contributed by atoms with Gasteiger partial charge in [-0.2, -0.15) is 0 Å². The van der Waals surface area contributed by atoms with Crippen molar-refractivity contribution in [2.24, 2.45) is 17.3 Å². The van der Waals surface area contributed by atoms with Crippen LogP contribution in [0.25, 0.3) is 0 Å². The number of hydrogen-bond donors (Lipinski definition) is 1. The fourth-order valence-corrected chi connectivity index (χ4v) is 3.17. The molecule has 1 nitrogen and oxygen atoms in total. The Hall–Kier alpha value is -0.0400. The Kier molecular flexibility index (Phi) is 8.06. The Morgan fingerprint density at radius 2 is 1.68 bits per heavy atom. The minimum absolute atomic E-state index is 0.583. The fraction of sp³-hybridized carbons (Fsp3) is 1.00. The van der Waals surface area contributed by atoms with Gasteiger partial charge in [-0.3, -0.25) is 0 Å². The summed E-state index contributed by atoms with van der Waals surface area (Å²) in [5.41, 5.74) is 0.583. The Labute approximate surface area is 121 Å². The topological polar surface area (TPSA) is 12.0 Å². The molecule has 1 saturated carbocycles. The normalized spacial score (nSPS) is 18.8. The lowest BCUT2D eigenvalue weighted by Gasteiger charge is -2.31. The molecular weight excluding hydrogens is 230 g/mol. The van der Waals surface area contributed by atoms with Crippen LogP contribution in [0.4, 0.5) is 0 Å². The second kappa shape index (κ2) is 9.00. The van der Waals surface area contributed by atoms with E-state index in [0.29, 0.717) is 5.41 Å². The maximum Gasteiger partial charge on any atom is 0.000793 e. The summed E-state index contributed by atoms with van der Waals surface area (Å²) in [5, 5.41) is 3.71. The van der Waals surface area contributed by atoms with Gasteiger partial charge in [-0.25, -0.2) is 0 Å². The minimum atomic E-state index is 0.583. The second-order valence-corrected chi connectivity index (χ2v) is 7.47. The zero-order valence-corrected chi connectivity index (χ0v) is 13.9. The molecule has 19 heavy (non-hydrogen) atoms. The van der Waals surface area contributed by atoms with Crippen molar-refractivity contribution in [1.29, 1.82) is 0 Å². The van der Waals surface area contributed by atoms with Crippen molar-refractivity contribution in [2.75, 3.05) is 13.1 Å². The molecule has 0 amide bonds. The van der Waals surface area contributed by atoms with Gasteiger partial charge in [0, 0.05) is 6.54 Å². The van der Waals surface area contributed by atoms with Crippen molar-refractivity contribution in [3.63, 3.8) is 0 Å². The van der Waals surface area contributed by atoms with Gasteiger partial charge in [-0.1, -0.05) is 66.2 Å². The van der Waals surface area contributed by atoms with Crippen molar-refractivity contribution in [2.45, 2.75) is 85.5 Å². The molecule has 0 bridgehead atoms. The van der Waals surface area contributed by atoms with E-state index in [2.05, 4.69) is 33.0 Å². The van der Waals surface area contributed by atoms with E-state index >= 15 is 0 Å². The van der Waals surface area contributed by atoms with Crippen molar-refractivity contribution < 1.29 is 0 Å². The summed E-state index contributed by atoms with van der Waals surface area (Å²) in [6, 6.07) is 0. The third kappa shape index (κ3) is 7.34. The number of hydrogen-bond acceptors (Lipinski definition) is 1. The molecule has 1 fully saturated rings. The van der Waals surface area contributed by atoms with Gasteiger partial charge in [-0.05, 0) is 43.1 Å². The van der Waals surface area contributed by atoms with Crippen LogP contribution in [0.5, 0.6) is 0 Å². The summed E-state index contributed by atoms with van der Waals surface area (Å²) in [5.74, 6) is 1.79. The fourth-order valence-electron chi connectivity index (χ4n) is 3.17. The van der Waals surface area contributed by atoms with Gasteiger partial charge in [-0.15, -0.1) is 0 Å². The molecule has 1 N–H and O–H groups in total. The summed E-state index contributed by atoms with van der Waals surface area (Å²) in [6.45, 7) is 11.8. The second-order valence-electron chi connectivity index (χ2n) is 7.47. The van der Waals surface area contributed by atoms with Crippen LogP contribution in [0.2, 0.25) is 0 Å². The van der Waals surface area contributed by atoms with Crippen molar-refractivity contribution in [1.82, 2.24) is 5.32 Å². The standard InChI is InChI=1S/C18H37N/c1-5-6-7-8-9-10-13-18(4,17-11-12-17)15-19-14-16(2)3/h16-17,19H,5-15H2,1-4H3. The highest BCUT2D eigenvalue weighted by Gasteiger charge is 2.40. The van der Waals surface area contributed by atoms with Gasteiger partial charge in [0.05, 0.1) is 0 Å². The van der Waals surface area contributed by atoms with E-state index in [1.165, 1.54) is 70.9 Å². The average Bonchev–Trinajstić information content (AvgIpc) is 3.17. The number of unbranched alkanes of at least 4 members (excludes halogenated alkanes) is 5. The molecule has 1 heteroatoms. The number of nitrogens with one attached hydrogen (secondary N) is 1. The van der Waals surface area contributed by atoms with Gasteiger partial charge in [0.2, 0.25) is 0 Å². The average molecular weight is 268 g/mol. The van der Waals surface area contributed by atoms with E-state index < -0.39 is 0 Å². The molecule has 1 aliphatic carbocycles. The Morgan fingerprint density at radius 1 is 1.05 bits per heavy atom. The van der Waals surface area contributed by atoms with Gasteiger partial charge in [0.25, 0.3) is 0 Å². The number of rotatable bonds is 12. The lowest BCUT2D eigenvalue weighted by molar-refractivity contribution is 0.225. The van der Waals surface area contributed by atoms with Gasteiger partial charge >= 0.3 is 0 Å². The summed E-state index contributed by atoms with van der Waals surface area (Å²) < 4.78 is 0. The highest BCUT2D eigenvalue weighted by Crippen LogP contribution is 2.48. The summed E-state index contributed by atoms with van der Waals surface area (Å²) >= 11 is 0. The largest absolute Gasteiger partial charge is 0.316 e. The molecule has 1 unspecified atom stereocenters. The van der Waals surface area contributed by atoms with Crippen LogP contribution in [0.15, 0.2) is 0 Å². The van der Waals surface area contributed by atoms with E-state index in [-0.39, 0.29) is 0 Å². The first-order chi connectivity index (χ1) is 9.08. The Balaban J connectivity index is 2.16. The van der Waals surface area contributed by atoms with Gasteiger partial charge < -0.3 is 5.32 Å². The monoisotopic (exact) mass is 267 g/mol. The SMILES string of the molecule is CCCCCCCCC(C)(CNCC(C)C)C1CC1. The molecular formula is C18H37N. The summed E-state index contributed by atoms with van der Waals surface area (Å²) in [6.07, 6.45) is 13.0. The van der Waals surface area contributed by atoms with Crippen molar-refractivity contribution in [3.8, 4) is 0 Å². The van der Waals surface area contributed by atoms with E-state index in [0.717, 1.165) is 11.8 Å². The molecule has 0 aromatic heterocycles. The van der Waals surface area contributed by atoms with Crippen LogP contribution in [-0.4, -0.2) is 13.1 Å². The molecule has 114 valence electrons. The molecule has 1 rings (SSSR count). The molecule has 0 saturated heterocycles. The molecule has 0 aliphatic heterocycles. The van der Waals surface area contributed by atoms with E-state index in [1.807, 2.05) is 0 Å². The van der Waals surface area contributed by atoms with Crippen LogP contribution >= 0.6 is 0 Å². The van der Waals surface area contributed by atoms with Gasteiger partial charge in [0.1, 0.15) is 0 Å². The van der Waals surface area contributed by atoms with E-state index in [9.17, 15) is 0 Å². The third-order valence-corrected chi connectivity index (χ3v) is 4.75. The molecule has 1 atom stereocenters. The third-order valence-electron chi connectivity index (χ3n) is 4.75.